The molecule has 0 saturated heterocycles. The highest BCUT2D eigenvalue weighted by Gasteiger charge is 2.17. The van der Waals surface area contributed by atoms with Gasteiger partial charge in [-0.2, -0.15) is 0 Å². The summed E-state index contributed by atoms with van der Waals surface area (Å²) in [6, 6.07) is 4.10. The standard InChI is InChI=1S/C14H23NO2/c1-5-11-13(16-3)7-6-12(14(11)17-4)10(2)8-9-15/h6-7,10H,5,8-9,15H2,1-4H3. The van der Waals surface area contributed by atoms with E-state index in [0.717, 1.165) is 29.9 Å². The number of ether oxygens (including phenoxy) is 2. The minimum Gasteiger partial charge on any atom is -0.496 e. The molecule has 0 aliphatic carbocycles. The van der Waals surface area contributed by atoms with E-state index in [4.69, 9.17) is 15.2 Å². The van der Waals surface area contributed by atoms with Crippen LogP contribution in [0.2, 0.25) is 0 Å². The third-order valence-electron chi connectivity index (χ3n) is 3.16. The molecular formula is C14H23NO2. The Kier molecular flexibility index (Phi) is 5.29. The molecule has 0 amide bonds. The van der Waals surface area contributed by atoms with E-state index in [1.54, 1.807) is 14.2 Å². The van der Waals surface area contributed by atoms with Crippen LogP contribution in [0.5, 0.6) is 11.5 Å². The van der Waals surface area contributed by atoms with Crippen LogP contribution < -0.4 is 15.2 Å². The van der Waals surface area contributed by atoms with E-state index in [2.05, 4.69) is 19.9 Å². The summed E-state index contributed by atoms with van der Waals surface area (Å²) in [6.07, 6.45) is 1.86. The van der Waals surface area contributed by atoms with Gasteiger partial charge in [0.1, 0.15) is 11.5 Å². The second-order valence-corrected chi connectivity index (χ2v) is 4.20. The fraction of sp³-hybridized carbons (Fsp3) is 0.571. The van der Waals surface area contributed by atoms with Gasteiger partial charge in [-0.15, -0.1) is 0 Å². The molecule has 0 radical (unpaired) electrons. The van der Waals surface area contributed by atoms with Gasteiger partial charge < -0.3 is 15.2 Å². The van der Waals surface area contributed by atoms with Crippen molar-refractivity contribution in [1.82, 2.24) is 0 Å². The van der Waals surface area contributed by atoms with Crippen molar-refractivity contribution in [2.45, 2.75) is 32.6 Å². The number of hydrogen-bond donors (Lipinski definition) is 1. The van der Waals surface area contributed by atoms with E-state index in [1.165, 1.54) is 5.56 Å². The molecule has 0 heterocycles. The first-order chi connectivity index (χ1) is 8.19. The maximum Gasteiger partial charge on any atom is 0.129 e. The summed E-state index contributed by atoms with van der Waals surface area (Å²) in [5.41, 5.74) is 7.97. The van der Waals surface area contributed by atoms with Crippen molar-refractivity contribution < 1.29 is 9.47 Å². The van der Waals surface area contributed by atoms with Crippen LogP contribution in [0.3, 0.4) is 0 Å². The molecule has 0 fully saturated rings. The second kappa shape index (κ2) is 6.50. The zero-order valence-corrected chi connectivity index (χ0v) is 11.2. The highest BCUT2D eigenvalue weighted by molar-refractivity contribution is 5.51. The number of rotatable bonds is 6. The van der Waals surface area contributed by atoms with Crippen LogP contribution >= 0.6 is 0 Å². The topological polar surface area (TPSA) is 44.5 Å². The van der Waals surface area contributed by atoms with Gasteiger partial charge in [-0.05, 0) is 36.9 Å². The number of methoxy groups -OCH3 is 2. The molecule has 1 aromatic rings. The Morgan fingerprint density at radius 3 is 2.41 bits per heavy atom. The Morgan fingerprint density at radius 2 is 1.94 bits per heavy atom. The van der Waals surface area contributed by atoms with Crippen molar-refractivity contribution in [3.63, 3.8) is 0 Å². The fourth-order valence-corrected chi connectivity index (χ4v) is 2.19. The molecule has 1 rings (SSSR count). The minimum absolute atomic E-state index is 0.408. The maximum atomic E-state index is 5.62. The summed E-state index contributed by atoms with van der Waals surface area (Å²) < 4.78 is 10.9. The van der Waals surface area contributed by atoms with E-state index < -0.39 is 0 Å². The lowest BCUT2D eigenvalue weighted by Gasteiger charge is -2.19. The van der Waals surface area contributed by atoms with E-state index in [0.29, 0.717) is 12.5 Å². The Bertz CT molecular complexity index is 363. The van der Waals surface area contributed by atoms with Gasteiger partial charge in [-0.3, -0.25) is 0 Å². The average molecular weight is 237 g/mol. The zero-order chi connectivity index (χ0) is 12.8. The summed E-state index contributed by atoms with van der Waals surface area (Å²) >= 11 is 0. The lowest BCUT2D eigenvalue weighted by molar-refractivity contribution is 0.380. The van der Waals surface area contributed by atoms with Crippen LogP contribution in [0.4, 0.5) is 0 Å². The van der Waals surface area contributed by atoms with E-state index in [-0.39, 0.29) is 0 Å². The second-order valence-electron chi connectivity index (χ2n) is 4.20. The summed E-state index contributed by atoms with van der Waals surface area (Å²) in [4.78, 5) is 0. The van der Waals surface area contributed by atoms with Crippen LogP contribution in [0, 0.1) is 0 Å². The van der Waals surface area contributed by atoms with Crippen molar-refractivity contribution in [3.8, 4) is 11.5 Å². The molecule has 2 N–H and O–H groups in total. The normalized spacial score (nSPS) is 12.3. The van der Waals surface area contributed by atoms with Crippen molar-refractivity contribution in [3.05, 3.63) is 23.3 Å². The van der Waals surface area contributed by atoms with Crippen molar-refractivity contribution in [2.24, 2.45) is 5.73 Å². The van der Waals surface area contributed by atoms with Gasteiger partial charge >= 0.3 is 0 Å². The van der Waals surface area contributed by atoms with Gasteiger partial charge in [0, 0.05) is 5.56 Å². The highest BCUT2D eigenvalue weighted by atomic mass is 16.5. The fourth-order valence-electron chi connectivity index (χ4n) is 2.19. The molecule has 0 bridgehead atoms. The Hall–Kier alpha value is -1.22. The zero-order valence-electron chi connectivity index (χ0n) is 11.2. The third kappa shape index (κ3) is 2.91. The van der Waals surface area contributed by atoms with Crippen LogP contribution in [0.15, 0.2) is 12.1 Å². The highest BCUT2D eigenvalue weighted by Crippen LogP contribution is 2.37. The first kappa shape index (κ1) is 13.8. The molecule has 17 heavy (non-hydrogen) atoms. The summed E-state index contributed by atoms with van der Waals surface area (Å²) in [5, 5.41) is 0. The molecule has 0 aromatic heterocycles. The van der Waals surface area contributed by atoms with Crippen LogP contribution in [-0.2, 0) is 6.42 Å². The van der Waals surface area contributed by atoms with Crippen LogP contribution in [-0.4, -0.2) is 20.8 Å². The largest absolute Gasteiger partial charge is 0.496 e. The van der Waals surface area contributed by atoms with E-state index in [1.807, 2.05) is 6.07 Å². The lowest BCUT2D eigenvalue weighted by Crippen LogP contribution is -2.07. The quantitative estimate of drug-likeness (QED) is 0.827. The van der Waals surface area contributed by atoms with Crippen molar-refractivity contribution in [1.29, 1.82) is 0 Å². The smallest absolute Gasteiger partial charge is 0.129 e. The van der Waals surface area contributed by atoms with Crippen molar-refractivity contribution in [2.75, 3.05) is 20.8 Å². The Balaban J connectivity index is 3.22. The molecule has 0 aliphatic rings. The van der Waals surface area contributed by atoms with Gasteiger partial charge in [0.25, 0.3) is 0 Å². The molecule has 1 unspecified atom stereocenters. The van der Waals surface area contributed by atoms with Crippen LogP contribution in [0.25, 0.3) is 0 Å². The summed E-state index contributed by atoms with van der Waals surface area (Å²) in [6.45, 7) is 4.98. The molecular weight excluding hydrogens is 214 g/mol. The Morgan fingerprint density at radius 1 is 1.24 bits per heavy atom. The lowest BCUT2D eigenvalue weighted by atomic mass is 9.93. The first-order valence-electron chi connectivity index (χ1n) is 6.13. The van der Waals surface area contributed by atoms with Gasteiger partial charge in [0.2, 0.25) is 0 Å². The van der Waals surface area contributed by atoms with Gasteiger partial charge in [-0.25, -0.2) is 0 Å². The predicted octanol–water partition coefficient (Wildman–Crippen LogP) is 2.72. The summed E-state index contributed by atoms with van der Waals surface area (Å²) in [5.74, 6) is 2.26. The van der Waals surface area contributed by atoms with Gasteiger partial charge in [0.15, 0.2) is 0 Å². The van der Waals surface area contributed by atoms with E-state index >= 15 is 0 Å². The number of benzene rings is 1. The Labute approximate surface area is 104 Å². The number of nitrogens with two attached hydrogens (primary N) is 1. The third-order valence-corrected chi connectivity index (χ3v) is 3.16. The monoisotopic (exact) mass is 237 g/mol. The minimum atomic E-state index is 0.408. The SMILES string of the molecule is CCc1c(OC)ccc(C(C)CCN)c1OC. The predicted molar refractivity (Wildman–Crippen MR) is 71.0 cm³/mol. The van der Waals surface area contributed by atoms with Gasteiger partial charge in [0.05, 0.1) is 14.2 Å². The number of hydrogen-bond acceptors (Lipinski definition) is 3. The van der Waals surface area contributed by atoms with Crippen LogP contribution in [0.1, 0.15) is 37.3 Å². The van der Waals surface area contributed by atoms with Crippen molar-refractivity contribution >= 4 is 0 Å². The van der Waals surface area contributed by atoms with E-state index in [9.17, 15) is 0 Å². The molecule has 0 saturated carbocycles. The molecule has 3 nitrogen and oxygen atoms in total. The molecule has 96 valence electrons. The molecule has 1 atom stereocenters. The maximum absolute atomic E-state index is 5.62. The van der Waals surface area contributed by atoms with Gasteiger partial charge in [-0.1, -0.05) is 19.9 Å². The molecule has 0 aliphatic heterocycles. The first-order valence-corrected chi connectivity index (χ1v) is 6.13. The summed E-state index contributed by atoms with van der Waals surface area (Å²) in [7, 11) is 3.41. The molecule has 0 spiro atoms. The molecule has 1 aromatic carbocycles. The average Bonchev–Trinajstić information content (AvgIpc) is 2.36. The molecule has 3 heteroatoms.